The van der Waals surface area contributed by atoms with Gasteiger partial charge < -0.3 is 4.74 Å². The quantitative estimate of drug-likeness (QED) is 0.684. The maximum absolute atomic E-state index is 11.2. The molecule has 1 aromatic rings. The van der Waals surface area contributed by atoms with E-state index in [4.69, 9.17) is 4.74 Å². The fraction of sp³-hybridized carbons (Fsp3) is 0.611. The summed E-state index contributed by atoms with van der Waals surface area (Å²) < 4.78 is 5.49. The smallest absolute Gasteiger partial charge is 0.153 e. The first-order chi connectivity index (χ1) is 9.78. The molecular formula is C18H26O2. The van der Waals surface area contributed by atoms with Gasteiger partial charge in [0.25, 0.3) is 0 Å². The minimum Gasteiger partial charge on any atom is -0.493 e. The van der Waals surface area contributed by atoms with Crippen LogP contribution in [0.1, 0.15) is 74.2 Å². The monoisotopic (exact) mass is 274 g/mol. The van der Waals surface area contributed by atoms with Crippen molar-refractivity contribution >= 4 is 6.29 Å². The molecule has 0 aliphatic heterocycles. The van der Waals surface area contributed by atoms with E-state index in [9.17, 15) is 4.79 Å². The van der Waals surface area contributed by atoms with Crippen molar-refractivity contribution in [2.75, 3.05) is 6.61 Å². The van der Waals surface area contributed by atoms with Crippen LogP contribution in [0.15, 0.2) is 18.2 Å². The SMILES string of the molecule is CCCC1CCC(c2ccc(OCC)c(C=O)c2)CC1. The molecule has 2 rings (SSSR count). The van der Waals surface area contributed by atoms with Gasteiger partial charge in [-0.15, -0.1) is 0 Å². The van der Waals surface area contributed by atoms with Crippen molar-refractivity contribution in [3.05, 3.63) is 29.3 Å². The largest absolute Gasteiger partial charge is 0.493 e. The Labute approximate surface area is 122 Å². The normalized spacial score (nSPS) is 22.5. The van der Waals surface area contributed by atoms with Crippen LogP contribution in [0.5, 0.6) is 5.75 Å². The van der Waals surface area contributed by atoms with Gasteiger partial charge in [-0.2, -0.15) is 0 Å². The Balaban J connectivity index is 2.04. The number of carbonyl (C=O) groups excluding carboxylic acids is 1. The molecule has 1 aliphatic rings. The van der Waals surface area contributed by atoms with E-state index in [1.54, 1.807) is 0 Å². The zero-order chi connectivity index (χ0) is 14.4. The summed E-state index contributed by atoms with van der Waals surface area (Å²) in [7, 11) is 0. The molecule has 0 saturated heterocycles. The second-order valence-corrected chi connectivity index (χ2v) is 5.85. The van der Waals surface area contributed by atoms with E-state index in [-0.39, 0.29) is 0 Å². The lowest BCUT2D eigenvalue weighted by molar-refractivity contribution is 0.111. The van der Waals surface area contributed by atoms with Crippen molar-refractivity contribution in [3.8, 4) is 5.75 Å². The highest BCUT2D eigenvalue weighted by atomic mass is 16.5. The number of rotatable bonds is 6. The van der Waals surface area contributed by atoms with E-state index in [0.29, 0.717) is 23.8 Å². The zero-order valence-electron chi connectivity index (χ0n) is 12.7. The molecule has 1 fully saturated rings. The third-order valence-electron chi connectivity index (χ3n) is 4.48. The molecule has 1 saturated carbocycles. The molecule has 0 heterocycles. The van der Waals surface area contributed by atoms with Crippen molar-refractivity contribution < 1.29 is 9.53 Å². The average Bonchev–Trinajstić information content (AvgIpc) is 2.49. The van der Waals surface area contributed by atoms with E-state index in [2.05, 4.69) is 13.0 Å². The number of benzene rings is 1. The molecule has 0 unspecified atom stereocenters. The van der Waals surface area contributed by atoms with Crippen LogP contribution in [-0.4, -0.2) is 12.9 Å². The Morgan fingerprint density at radius 2 is 1.95 bits per heavy atom. The second kappa shape index (κ2) is 7.47. The Morgan fingerprint density at radius 1 is 1.20 bits per heavy atom. The van der Waals surface area contributed by atoms with Gasteiger partial charge in [0, 0.05) is 0 Å². The van der Waals surface area contributed by atoms with Crippen molar-refractivity contribution in [1.82, 2.24) is 0 Å². The van der Waals surface area contributed by atoms with Crippen LogP contribution >= 0.6 is 0 Å². The predicted octanol–water partition coefficient (Wildman–Crippen LogP) is 4.97. The molecule has 20 heavy (non-hydrogen) atoms. The standard InChI is InChI=1S/C18H26O2/c1-3-5-14-6-8-15(9-7-14)16-10-11-18(20-4-2)17(12-16)13-19/h10-15H,3-9H2,1-2H3. The van der Waals surface area contributed by atoms with Crippen LogP contribution in [0.3, 0.4) is 0 Å². The molecule has 2 nitrogen and oxygen atoms in total. The second-order valence-electron chi connectivity index (χ2n) is 5.85. The van der Waals surface area contributed by atoms with Crippen LogP contribution < -0.4 is 4.74 Å². The summed E-state index contributed by atoms with van der Waals surface area (Å²) in [6.45, 7) is 4.81. The Bertz CT molecular complexity index is 431. The molecule has 1 aliphatic carbocycles. The summed E-state index contributed by atoms with van der Waals surface area (Å²) in [5.41, 5.74) is 2.01. The Kier molecular flexibility index (Phi) is 5.63. The van der Waals surface area contributed by atoms with E-state index < -0.39 is 0 Å². The predicted molar refractivity (Wildman–Crippen MR) is 82.6 cm³/mol. The molecule has 110 valence electrons. The van der Waals surface area contributed by atoms with E-state index >= 15 is 0 Å². The summed E-state index contributed by atoms with van der Waals surface area (Å²) in [5, 5.41) is 0. The van der Waals surface area contributed by atoms with Gasteiger partial charge >= 0.3 is 0 Å². The van der Waals surface area contributed by atoms with Gasteiger partial charge in [0.15, 0.2) is 6.29 Å². The molecule has 0 aromatic heterocycles. The van der Waals surface area contributed by atoms with Gasteiger partial charge in [-0.1, -0.05) is 25.8 Å². The van der Waals surface area contributed by atoms with Crippen molar-refractivity contribution in [3.63, 3.8) is 0 Å². The molecule has 0 spiro atoms. The Hall–Kier alpha value is -1.31. The van der Waals surface area contributed by atoms with Gasteiger partial charge in [0.05, 0.1) is 12.2 Å². The van der Waals surface area contributed by atoms with Gasteiger partial charge in [-0.3, -0.25) is 4.79 Å². The van der Waals surface area contributed by atoms with E-state index in [1.807, 2.05) is 19.1 Å². The van der Waals surface area contributed by atoms with Crippen molar-refractivity contribution in [2.45, 2.75) is 58.3 Å². The fourth-order valence-corrected chi connectivity index (χ4v) is 3.39. The van der Waals surface area contributed by atoms with Crippen molar-refractivity contribution in [2.24, 2.45) is 5.92 Å². The molecule has 2 heteroatoms. The minimum atomic E-state index is 0.600. The highest BCUT2D eigenvalue weighted by molar-refractivity contribution is 5.79. The van der Waals surface area contributed by atoms with Crippen LogP contribution in [0, 0.1) is 5.92 Å². The molecule has 0 radical (unpaired) electrons. The van der Waals surface area contributed by atoms with Crippen LogP contribution in [0.4, 0.5) is 0 Å². The number of aldehydes is 1. The highest BCUT2D eigenvalue weighted by Gasteiger charge is 2.22. The first-order valence-electron chi connectivity index (χ1n) is 8.00. The molecule has 0 atom stereocenters. The third kappa shape index (κ3) is 3.62. The topological polar surface area (TPSA) is 26.3 Å². The number of ether oxygens (including phenoxy) is 1. The number of hydrogen-bond acceptors (Lipinski definition) is 2. The van der Waals surface area contributed by atoms with Gasteiger partial charge in [0.1, 0.15) is 5.75 Å². The first-order valence-corrected chi connectivity index (χ1v) is 8.00. The summed E-state index contributed by atoms with van der Waals surface area (Å²) in [4.78, 5) is 11.2. The maximum Gasteiger partial charge on any atom is 0.153 e. The number of carbonyl (C=O) groups is 1. The molecular weight excluding hydrogens is 248 g/mol. The number of hydrogen-bond donors (Lipinski definition) is 0. The van der Waals surface area contributed by atoms with Gasteiger partial charge in [0.2, 0.25) is 0 Å². The molecule has 0 N–H and O–H groups in total. The molecule has 0 bridgehead atoms. The lowest BCUT2D eigenvalue weighted by Gasteiger charge is -2.29. The average molecular weight is 274 g/mol. The van der Waals surface area contributed by atoms with E-state index in [0.717, 1.165) is 12.2 Å². The van der Waals surface area contributed by atoms with Crippen LogP contribution in [-0.2, 0) is 0 Å². The summed E-state index contributed by atoms with van der Waals surface area (Å²) >= 11 is 0. The zero-order valence-corrected chi connectivity index (χ0v) is 12.7. The summed E-state index contributed by atoms with van der Waals surface area (Å²) in [6.07, 6.45) is 8.78. The maximum atomic E-state index is 11.2. The van der Waals surface area contributed by atoms with E-state index in [1.165, 1.54) is 44.1 Å². The lowest BCUT2D eigenvalue weighted by atomic mass is 9.77. The van der Waals surface area contributed by atoms with Crippen molar-refractivity contribution in [1.29, 1.82) is 0 Å². The highest BCUT2D eigenvalue weighted by Crippen LogP contribution is 2.38. The van der Waals surface area contributed by atoms with Gasteiger partial charge in [-0.05, 0) is 62.1 Å². The fourth-order valence-electron chi connectivity index (χ4n) is 3.39. The van der Waals surface area contributed by atoms with Gasteiger partial charge in [-0.25, -0.2) is 0 Å². The minimum absolute atomic E-state index is 0.600. The first kappa shape index (κ1) is 15.1. The Morgan fingerprint density at radius 3 is 2.55 bits per heavy atom. The summed E-state index contributed by atoms with van der Waals surface area (Å²) in [5.74, 6) is 2.26. The molecule has 0 amide bonds. The van der Waals surface area contributed by atoms with Crippen LogP contribution in [0.25, 0.3) is 0 Å². The molecule has 1 aromatic carbocycles. The third-order valence-corrected chi connectivity index (χ3v) is 4.48. The lowest BCUT2D eigenvalue weighted by Crippen LogP contribution is -2.13. The van der Waals surface area contributed by atoms with Crippen LogP contribution in [0.2, 0.25) is 0 Å². The summed E-state index contributed by atoms with van der Waals surface area (Å²) in [6, 6.07) is 6.13.